The Morgan fingerprint density at radius 3 is 2.61 bits per heavy atom. The third kappa shape index (κ3) is 3.12. The maximum absolute atomic E-state index is 12.1. The average molecular weight is 261 g/mol. The Balaban J connectivity index is 3.28. The largest absolute Gasteiger partial charge is 0.481 e. The molecule has 0 amide bonds. The Labute approximate surface area is 99.9 Å². The van der Waals surface area contributed by atoms with Gasteiger partial charge in [-0.1, -0.05) is 6.07 Å². The smallest absolute Gasteiger partial charge is 0.387 e. The summed E-state index contributed by atoms with van der Waals surface area (Å²) in [5.74, 6) is -1.75. The second-order valence-corrected chi connectivity index (χ2v) is 3.40. The molecule has 8 heteroatoms. The second kappa shape index (κ2) is 5.39. The standard InChI is InChI=1S/C10H9F2NO5/c1-5-6(4-8(14)15)2-3-7(18-10(11)12)9(5)13(16)17/h2-3,10H,4H2,1H3,(H,14,15). The number of alkyl halides is 2. The lowest BCUT2D eigenvalue weighted by Crippen LogP contribution is -2.08. The molecule has 98 valence electrons. The van der Waals surface area contributed by atoms with Gasteiger partial charge in [-0.25, -0.2) is 0 Å². The molecule has 0 unspecified atom stereocenters. The number of nitrogens with zero attached hydrogens (tertiary/aromatic N) is 1. The van der Waals surface area contributed by atoms with Crippen molar-refractivity contribution in [3.05, 3.63) is 33.4 Å². The Morgan fingerprint density at radius 2 is 2.17 bits per heavy atom. The first-order valence-corrected chi connectivity index (χ1v) is 4.76. The maximum Gasteiger partial charge on any atom is 0.387 e. The number of ether oxygens (including phenoxy) is 1. The molecule has 0 heterocycles. The van der Waals surface area contributed by atoms with E-state index in [9.17, 15) is 23.7 Å². The molecule has 1 aromatic carbocycles. The highest BCUT2D eigenvalue weighted by atomic mass is 19.3. The summed E-state index contributed by atoms with van der Waals surface area (Å²) in [7, 11) is 0. The fraction of sp³-hybridized carbons (Fsp3) is 0.300. The molecule has 0 aliphatic carbocycles. The molecule has 0 saturated carbocycles. The number of carboxylic acid groups (broad SMARTS) is 1. The van der Waals surface area contributed by atoms with E-state index in [-0.39, 0.29) is 11.1 Å². The first kappa shape index (κ1) is 13.8. The van der Waals surface area contributed by atoms with E-state index in [4.69, 9.17) is 5.11 Å². The molecular weight excluding hydrogens is 252 g/mol. The number of carbonyl (C=O) groups is 1. The van der Waals surface area contributed by atoms with Crippen LogP contribution in [0.4, 0.5) is 14.5 Å². The van der Waals surface area contributed by atoms with Crippen LogP contribution in [0.2, 0.25) is 0 Å². The van der Waals surface area contributed by atoms with Gasteiger partial charge in [-0.05, 0) is 18.6 Å². The monoisotopic (exact) mass is 261 g/mol. The molecule has 0 saturated heterocycles. The minimum atomic E-state index is -3.19. The normalized spacial score (nSPS) is 10.4. The molecule has 1 aromatic rings. The predicted octanol–water partition coefficient (Wildman–Crippen LogP) is 2.13. The quantitative estimate of drug-likeness (QED) is 0.647. The minimum Gasteiger partial charge on any atom is -0.481 e. The molecule has 0 fully saturated rings. The van der Waals surface area contributed by atoms with Crippen molar-refractivity contribution in [2.45, 2.75) is 20.0 Å². The summed E-state index contributed by atoms with van der Waals surface area (Å²) in [5, 5.41) is 19.4. The first-order chi connectivity index (χ1) is 8.32. The summed E-state index contributed by atoms with van der Waals surface area (Å²) in [6.45, 7) is -1.90. The number of hydrogen-bond donors (Lipinski definition) is 1. The van der Waals surface area contributed by atoms with E-state index >= 15 is 0 Å². The molecule has 18 heavy (non-hydrogen) atoms. The minimum absolute atomic E-state index is 0.000509. The average Bonchev–Trinajstić information content (AvgIpc) is 2.20. The number of nitro groups is 1. The van der Waals surface area contributed by atoms with Gasteiger partial charge in [-0.3, -0.25) is 14.9 Å². The zero-order valence-electron chi connectivity index (χ0n) is 9.22. The van der Waals surface area contributed by atoms with Crippen LogP contribution in [0, 0.1) is 17.0 Å². The van der Waals surface area contributed by atoms with Crippen molar-refractivity contribution in [2.75, 3.05) is 0 Å². The van der Waals surface area contributed by atoms with Crippen LogP contribution in [0.5, 0.6) is 5.75 Å². The van der Waals surface area contributed by atoms with Gasteiger partial charge in [0.15, 0.2) is 0 Å². The lowest BCUT2D eigenvalue weighted by molar-refractivity contribution is -0.387. The van der Waals surface area contributed by atoms with E-state index in [1.54, 1.807) is 0 Å². The van der Waals surface area contributed by atoms with Crippen molar-refractivity contribution < 1.29 is 28.3 Å². The van der Waals surface area contributed by atoms with Gasteiger partial charge in [0.25, 0.3) is 0 Å². The molecule has 0 aliphatic heterocycles. The Bertz CT molecular complexity index is 489. The van der Waals surface area contributed by atoms with Crippen LogP contribution in [-0.4, -0.2) is 22.6 Å². The van der Waals surface area contributed by atoms with Crippen LogP contribution < -0.4 is 4.74 Å². The molecule has 0 aliphatic rings. The van der Waals surface area contributed by atoms with Crippen molar-refractivity contribution >= 4 is 11.7 Å². The van der Waals surface area contributed by atoms with Crippen molar-refractivity contribution in [3.63, 3.8) is 0 Å². The fourth-order valence-corrected chi connectivity index (χ4v) is 1.49. The lowest BCUT2D eigenvalue weighted by Gasteiger charge is -2.09. The molecule has 0 spiro atoms. The highest BCUT2D eigenvalue weighted by molar-refractivity contribution is 5.72. The Kier molecular flexibility index (Phi) is 4.13. The number of benzene rings is 1. The van der Waals surface area contributed by atoms with Gasteiger partial charge in [-0.15, -0.1) is 0 Å². The van der Waals surface area contributed by atoms with E-state index in [0.29, 0.717) is 0 Å². The third-order valence-corrected chi connectivity index (χ3v) is 2.25. The van der Waals surface area contributed by atoms with Gasteiger partial charge in [0.1, 0.15) is 0 Å². The number of carboxylic acids is 1. The molecule has 0 bridgehead atoms. The zero-order chi connectivity index (χ0) is 13.9. The van der Waals surface area contributed by atoms with Gasteiger partial charge >= 0.3 is 18.3 Å². The second-order valence-electron chi connectivity index (χ2n) is 3.40. The van der Waals surface area contributed by atoms with Crippen LogP contribution in [0.25, 0.3) is 0 Å². The number of hydrogen-bond acceptors (Lipinski definition) is 4. The summed E-state index contributed by atoms with van der Waals surface area (Å²) in [4.78, 5) is 20.5. The molecule has 0 atom stereocenters. The highest BCUT2D eigenvalue weighted by Gasteiger charge is 2.24. The van der Waals surface area contributed by atoms with Gasteiger partial charge in [0.2, 0.25) is 5.75 Å². The lowest BCUT2D eigenvalue weighted by atomic mass is 10.0. The molecule has 0 aromatic heterocycles. The number of aliphatic carboxylic acids is 1. The van der Waals surface area contributed by atoms with E-state index in [0.717, 1.165) is 6.07 Å². The van der Waals surface area contributed by atoms with E-state index in [1.807, 2.05) is 0 Å². The maximum atomic E-state index is 12.1. The topological polar surface area (TPSA) is 89.7 Å². The number of nitro benzene ring substituents is 1. The summed E-state index contributed by atoms with van der Waals surface area (Å²) in [5.41, 5.74) is -0.467. The number of halogens is 2. The van der Waals surface area contributed by atoms with Gasteiger partial charge in [-0.2, -0.15) is 8.78 Å². The van der Waals surface area contributed by atoms with Gasteiger partial charge in [0, 0.05) is 5.56 Å². The van der Waals surface area contributed by atoms with Crippen molar-refractivity contribution in [2.24, 2.45) is 0 Å². The fourth-order valence-electron chi connectivity index (χ4n) is 1.49. The zero-order valence-corrected chi connectivity index (χ0v) is 9.22. The van der Waals surface area contributed by atoms with Crippen LogP contribution in [-0.2, 0) is 11.2 Å². The summed E-state index contributed by atoms with van der Waals surface area (Å²) in [6, 6.07) is 2.18. The van der Waals surface area contributed by atoms with Crippen molar-refractivity contribution in [1.82, 2.24) is 0 Å². The third-order valence-electron chi connectivity index (χ3n) is 2.25. The van der Waals surface area contributed by atoms with E-state index in [1.165, 1.54) is 13.0 Å². The van der Waals surface area contributed by atoms with Gasteiger partial charge in [0.05, 0.1) is 11.3 Å². The number of rotatable bonds is 5. The van der Waals surface area contributed by atoms with Crippen LogP contribution in [0.3, 0.4) is 0 Å². The summed E-state index contributed by atoms with van der Waals surface area (Å²) in [6.07, 6.45) is -0.429. The molecular formula is C10H9F2NO5. The SMILES string of the molecule is Cc1c(CC(=O)O)ccc(OC(F)F)c1[N+](=O)[O-]. The predicted molar refractivity (Wildman–Crippen MR) is 55.8 cm³/mol. The van der Waals surface area contributed by atoms with Crippen LogP contribution in [0.15, 0.2) is 12.1 Å². The van der Waals surface area contributed by atoms with Crippen LogP contribution >= 0.6 is 0 Å². The summed E-state index contributed by atoms with van der Waals surface area (Å²) < 4.78 is 28.2. The van der Waals surface area contributed by atoms with Crippen molar-refractivity contribution in [1.29, 1.82) is 0 Å². The van der Waals surface area contributed by atoms with Crippen LogP contribution in [0.1, 0.15) is 11.1 Å². The molecule has 1 N–H and O–H groups in total. The van der Waals surface area contributed by atoms with Gasteiger partial charge < -0.3 is 9.84 Å². The summed E-state index contributed by atoms with van der Waals surface area (Å²) >= 11 is 0. The molecule has 1 rings (SSSR count). The van der Waals surface area contributed by atoms with E-state index in [2.05, 4.69) is 4.74 Å². The van der Waals surface area contributed by atoms with E-state index < -0.39 is 35.4 Å². The first-order valence-electron chi connectivity index (χ1n) is 4.76. The highest BCUT2D eigenvalue weighted by Crippen LogP contribution is 2.33. The molecule has 6 nitrogen and oxygen atoms in total. The Hall–Kier alpha value is -2.25. The Morgan fingerprint density at radius 1 is 1.56 bits per heavy atom. The van der Waals surface area contributed by atoms with Crippen molar-refractivity contribution in [3.8, 4) is 5.75 Å². The molecule has 0 radical (unpaired) electrons.